The Morgan fingerprint density at radius 3 is 1.91 bits per heavy atom. The summed E-state index contributed by atoms with van der Waals surface area (Å²) in [6, 6.07) is 0. The average Bonchev–Trinajstić information content (AvgIpc) is 2.55. The lowest BCUT2D eigenvalue weighted by Gasteiger charge is -2.16. The maximum Gasteiger partial charge on any atom is 0.242 e. The first-order valence-electron chi connectivity index (χ1n) is 8.65. The molecule has 0 saturated carbocycles. The second-order valence-corrected chi connectivity index (χ2v) is 7.08. The molecule has 1 aliphatic carbocycles. The van der Waals surface area contributed by atoms with Gasteiger partial charge in [0.2, 0.25) is 6.17 Å². The van der Waals surface area contributed by atoms with Crippen molar-refractivity contribution in [3.05, 3.63) is 28.8 Å². The molecule has 0 amide bonds. The Kier molecular flexibility index (Phi) is 10.7. The van der Waals surface area contributed by atoms with Gasteiger partial charge in [0.25, 0.3) is 0 Å². The molecular weight excluding hydrogens is 324 g/mol. The van der Waals surface area contributed by atoms with E-state index in [9.17, 15) is 17.6 Å². The molecule has 0 bridgehead atoms. The van der Waals surface area contributed by atoms with Gasteiger partial charge in [-0.05, 0) is 18.2 Å². The second-order valence-electron chi connectivity index (χ2n) is 5.94. The molecule has 0 saturated heterocycles. The van der Waals surface area contributed by atoms with Crippen LogP contribution in [0.4, 0.5) is 17.6 Å². The van der Waals surface area contributed by atoms with Crippen LogP contribution in [-0.4, -0.2) is 11.9 Å². The minimum absolute atomic E-state index is 0.118. The molecule has 0 aromatic heterocycles. The van der Waals surface area contributed by atoms with Crippen LogP contribution in [0.25, 0.3) is 0 Å². The number of alkyl halides is 1. The van der Waals surface area contributed by atoms with Crippen LogP contribution in [0.1, 0.15) is 71.1 Å². The summed E-state index contributed by atoms with van der Waals surface area (Å²) < 4.78 is 52.6. The van der Waals surface area contributed by atoms with Crippen molar-refractivity contribution in [2.75, 3.05) is 5.75 Å². The summed E-state index contributed by atoms with van der Waals surface area (Å²) in [5.74, 6) is -2.36. The molecule has 1 radical (unpaired) electrons. The SMILES string of the molecule is CCCCCCCCCCCCSC1=CC(F)[C](F)C(F)=C1F. The van der Waals surface area contributed by atoms with Crippen molar-refractivity contribution in [3.63, 3.8) is 0 Å². The van der Waals surface area contributed by atoms with E-state index in [1.807, 2.05) is 0 Å². The minimum atomic E-state index is -2.16. The van der Waals surface area contributed by atoms with Gasteiger partial charge in [-0.1, -0.05) is 64.7 Å². The molecule has 0 spiro atoms. The van der Waals surface area contributed by atoms with Gasteiger partial charge in [0.05, 0.1) is 0 Å². The van der Waals surface area contributed by atoms with Crippen LogP contribution in [0.2, 0.25) is 0 Å². The Bertz CT molecular complexity index is 392. The standard InChI is InChI=1S/C18H27F4S/c1-2-3-4-5-6-7-8-9-10-11-12-23-15-13-14(19)16(20)18(22)17(15)21/h13-14H,2-12H2,1H3. The lowest BCUT2D eigenvalue weighted by molar-refractivity contribution is 0.287. The molecule has 1 unspecified atom stereocenters. The van der Waals surface area contributed by atoms with Crippen molar-refractivity contribution >= 4 is 11.8 Å². The highest BCUT2D eigenvalue weighted by molar-refractivity contribution is 8.03. The molecule has 1 rings (SSSR count). The van der Waals surface area contributed by atoms with Gasteiger partial charge in [-0.2, -0.15) is 0 Å². The van der Waals surface area contributed by atoms with Crippen molar-refractivity contribution in [2.45, 2.75) is 77.3 Å². The van der Waals surface area contributed by atoms with E-state index in [4.69, 9.17) is 0 Å². The van der Waals surface area contributed by atoms with Crippen LogP contribution in [0.3, 0.4) is 0 Å². The maximum absolute atomic E-state index is 13.5. The third-order valence-electron chi connectivity index (χ3n) is 3.91. The molecule has 1 atom stereocenters. The van der Waals surface area contributed by atoms with E-state index in [0.717, 1.165) is 37.1 Å². The quantitative estimate of drug-likeness (QED) is 0.259. The fraction of sp³-hybridized carbons (Fsp3) is 0.722. The Morgan fingerprint density at radius 2 is 1.35 bits per heavy atom. The van der Waals surface area contributed by atoms with E-state index in [0.29, 0.717) is 5.75 Å². The summed E-state index contributed by atoms with van der Waals surface area (Å²) in [4.78, 5) is -0.118. The normalized spacial score (nSPS) is 19.3. The average molecular weight is 351 g/mol. The van der Waals surface area contributed by atoms with Gasteiger partial charge in [-0.3, -0.25) is 0 Å². The zero-order chi connectivity index (χ0) is 17.1. The van der Waals surface area contributed by atoms with Gasteiger partial charge in [-0.15, -0.1) is 11.8 Å². The number of thioether (sulfide) groups is 1. The molecule has 133 valence electrons. The third kappa shape index (κ3) is 7.77. The number of hydrogen-bond acceptors (Lipinski definition) is 1. The van der Waals surface area contributed by atoms with E-state index < -0.39 is 24.0 Å². The number of halogens is 4. The first-order valence-corrected chi connectivity index (χ1v) is 9.63. The molecule has 0 fully saturated rings. The van der Waals surface area contributed by atoms with Crippen LogP contribution >= 0.6 is 11.8 Å². The van der Waals surface area contributed by atoms with Crippen LogP contribution < -0.4 is 0 Å². The molecule has 0 aliphatic heterocycles. The molecule has 23 heavy (non-hydrogen) atoms. The van der Waals surface area contributed by atoms with Crippen LogP contribution in [0.5, 0.6) is 0 Å². The van der Waals surface area contributed by atoms with E-state index in [-0.39, 0.29) is 4.91 Å². The Balaban J connectivity index is 2.04. The summed E-state index contributed by atoms with van der Waals surface area (Å²) in [7, 11) is 0. The molecule has 0 heterocycles. The van der Waals surface area contributed by atoms with Crippen molar-refractivity contribution < 1.29 is 17.6 Å². The monoisotopic (exact) mass is 351 g/mol. The molecule has 0 nitrogen and oxygen atoms in total. The molecule has 0 aromatic rings. The summed E-state index contributed by atoms with van der Waals surface area (Å²) >= 11 is 1.06. The highest BCUT2D eigenvalue weighted by Crippen LogP contribution is 2.40. The zero-order valence-corrected chi connectivity index (χ0v) is 14.7. The van der Waals surface area contributed by atoms with Crippen LogP contribution in [0.15, 0.2) is 22.6 Å². The smallest absolute Gasteiger partial charge is 0.239 e. The number of allylic oxidation sites excluding steroid dienone is 3. The molecule has 0 N–H and O–H groups in total. The Labute approximate surface area is 141 Å². The predicted molar refractivity (Wildman–Crippen MR) is 90.9 cm³/mol. The topological polar surface area (TPSA) is 0 Å². The summed E-state index contributed by atoms with van der Waals surface area (Å²) in [6.45, 7) is 2.21. The van der Waals surface area contributed by atoms with Gasteiger partial charge >= 0.3 is 0 Å². The van der Waals surface area contributed by atoms with Crippen LogP contribution in [-0.2, 0) is 0 Å². The van der Waals surface area contributed by atoms with Gasteiger partial charge in [0.15, 0.2) is 17.8 Å². The number of unbranched alkanes of at least 4 members (excludes halogenated alkanes) is 9. The fourth-order valence-corrected chi connectivity index (χ4v) is 3.50. The third-order valence-corrected chi connectivity index (χ3v) is 5.03. The van der Waals surface area contributed by atoms with Crippen molar-refractivity contribution in [1.29, 1.82) is 0 Å². The van der Waals surface area contributed by atoms with Gasteiger partial charge < -0.3 is 0 Å². The molecule has 5 heteroatoms. The van der Waals surface area contributed by atoms with E-state index in [2.05, 4.69) is 6.92 Å². The summed E-state index contributed by atoms with van der Waals surface area (Å²) in [5.41, 5.74) is 0. The van der Waals surface area contributed by atoms with Gasteiger partial charge in [-0.25, -0.2) is 17.6 Å². The van der Waals surface area contributed by atoms with E-state index in [1.165, 1.54) is 44.9 Å². The number of rotatable bonds is 12. The summed E-state index contributed by atoms with van der Waals surface area (Å²) in [5, 5.41) is 0. The lowest BCUT2D eigenvalue weighted by atomic mass is 10.1. The molecular formula is C18H27F4S. The number of hydrogen-bond donors (Lipinski definition) is 0. The molecule has 1 aliphatic rings. The van der Waals surface area contributed by atoms with Gasteiger partial charge in [0, 0.05) is 4.91 Å². The maximum atomic E-state index is 13.5. The minimum Gasteiger partial charge on any atom is -0.239 e. The van der Waals surface area contributed by atoms with Crippen molar-refractivity contribution in [1.82, 2.24) is 0 Å². The Hall–Kier alpha value is -0.450. The van der Waals surface area contributed by atoms with E-state index in [1.54, 1.807) is 0 Å². The largest absolute Gasteiger partial charge is 0.242 e. The van der Waals surface area contributed by atoms with E-state index >= 15 is 0 Å². The van der Waals surface area contributed by atoms with Crippen LogP contribution in [0, 0.1) is 6.17 Å². The summed E-state index contributed by atoms with van der Waals surface area (Å²) in [6.07, 6.45) is 8.99. The highest BCUT2D eigenvalue weighted by Gasteiger charge is 2.34. The first-order chi connectivity index (χ1) is 11.1. The zero-order valence-electron chi connectivity index (χ0n) is 13.9. The van der Waals surface area contributed by atoms with Gasteiger partial charge in [0.1, 0.15) is 0 Å². The van der Waals surface area contributed by atoms with Crippen molar-refractivity contribution in [3.8, 4) is 0 Å². The highest BCUT2D eigenvalue weighted by atomic mass is 32.2. The second kappa shape index (κ2) is 12.0. The first kappa shape index (κ1) is 20.6. The Morgan fingerprint density at radius 1 is 0.826 bits per heavy atom. The fourth-order valence-electron chi connectivity index (χ4n) is 2.50. The predicted octanol–water partition coefficient (Wildman–Crippen LogP) is 7.53. The lowest BCUT2D eigenvalue weighted by Crippen LogP contribution is -2.13. The van der Waals surface area contributed by atoms with Crippen molar-refractivity contribution in [2.24, 2.45) is 0 Å². The molecule has 0 aromatic carbocycles.